The van der Waals surface area contributed by atoms with Gasteiger partial charge in [0.25, 0.3) is 0 Å². The van der Waals surface area contributed by atoms with Gasteiger partial charge in [-0.15, -0.1) is 11.3 Å². The largest absolute Gasteiger partial charge is 0.496 e. The van der Waals surface area contributed by atoms with Crippen LogP contribution in [-0.4, -0.2) is 13.4 Å². The third kappa shape index (κ3) is 1.42. The normalized spacial score (nSPS) is 10.4. The number of thiophene rings is 1. The van der Waals surface area contributed by atoms with E-state index in [1.807, 2.05) is 17.5 Å². The van der Waals surface area contributed by atoms with Crippen molar-refractivity contribution in [3.63, 3.8) is 0 Å². The maximum absolute atomic E-state index is 11.0. The standard InChI is InChI=1S/C10H7IO2S/c1-13-8-2-3-9-10(6(8)4-12)7(11)5-14-9/h2-5H,1H3. The fourth-order valence-electron chi connectivity index (χ4n) is 1.39. The Morgan fingerprint density at radius 1 is 1.50 bits per heavy atom. The lowest BCUT2D eigenvalue weighted by atomic mass is 10.1. The van der Waals surface area contributed by atoms with E-state index >= 15 is 0 Å². The number of rotatable bonds is 2. The van der Waals surface area contributed by atoms with Gasteiger partial charge in [-0.05, 0) is 34.7 Å². The molecule has 0 aliphatic carbocycles. The van der Waals surface area contributed by atoms with Gasteiger partial charge in [0, 0.05) is 19.0 Å². The summed E-state index contributed by atoms with van der Waals surface area (Å²) in [5.74, 6) is 0.642. The Morgan fingerprint density at radius 2 is 2.29 bits per heavy atom. The van der Waals surface area contributed by atoms with Crippen molar-refractivity contribution in [1.82, 2.24) is 0 Å². The molecule has 1 aromatic heterocycles. The molecule has 1 heterocycles. The Kier molecular flexibility index (Phi) is 2.73. The number of ether oxygens (including phenoxy) is 1. The lowest BCUT2D eigenvalue weighted by molar-refractivity contribution is 0.112. The number of carbonyl (C=O) groups is 1. The summed E-state index contributed by atoms with van der Waals surface area (Å²) in [6.45, 7) is 0. The van der Waals surface area contributed by atoms with Crippen LogP contribution < -0.4 is 4.74 Å². The van der Waals surface area contributed by atoms with Crippen molar-refractivity contribution in [2.45, 2.75) is 0 Å². The number of hydrogen-bond acceptors (Lipinski definition) is 3. The van der Waals surface area contributed by atoms with E-state index in [4.69, 9.17) is 4.74 Å². The molecule has 2 nitrogen and oxygen atoms in total. The van der Waals surface area contributed by atoms with Crippen LogP contribution in [-0.2, 0) is 0 Å². The fourth-order valence-corrected chi connectivity index (χ4v) is 3.37. The van der Waals surface area contributed by atoms with Crippen molar-refractivity contribution in [2.75, 3.05) is 7.11 Å². The lowest BCUT2D eigenvalue weighted by Gasteiger charge is -2.04. The molecule has 0 amide bonds. The van der Waals surface area contributed by atoms with E-state index in [0.29, 0.717) is 11.3 Å². The van der Waals surface area contributed by atoms with Gasteiger partial charge in [0.2, 0.25) is 0 Å². The fraction of sp³-hybridized carbons (Fsp3) is 0.100. The quantitative estimate of drug-likeness (QED) is 0.627. The molecule has 0 atom stereocenters. The Labute approximate surface area is 99.0 Å². The van der Waals surface area contributed by atoms with E-state index in [-0.39, 0.29) is 0 Å². The maximum Gasteiger partial charge on any atom is 0.154 e. The first-order valence-corrected chi connectivity index (χ1v) is 5.92. The highest BCUT2D eigenvalue weighted by Gasteiger charge is 2.11. The average Bonchev–Trinajstić information content (AvgIpc) is 2.59. The first-order valence-electron chi connectivity index (χ1n) is 3.96. The van der Waals surface area contributed by atoms with Gasteiger partial charge in [-0.1, -0.05) is 0 Å². The molecule has 2 rings (SSSR count). The molecule has 0 radical (unpaired) electrons. The third-order valence-corrected chi connectivity index (χ3v) is 4.25. The summed E-state index contributed by atoms with van der Waals surface area (Å²) < 4.78 is 7.36. The van der Waals surface area contributed by atoms with Gasteiger partial charge in [-0.25, -0.2) is 0 Å². The molecule has 0 bridgehead atoms. The monoisotopic (exact) mass is 318 g/mol. The van der Waals surface area contributed by atoms with Crippen LogP contribution in [0.4, 0.5) is 0 Å². The van der Waals surface area contributed by atoms with Crippen molar-refractivity contribution in [3.05, 3.63) is 26.6 Å². The molecule has 4 heteroatoms. The summed E-state index contributed by atoms with van der Waals surface area (Å²) in [5, 5.41) is 3.04. The minimum absolute atomic E-state index is 0.642. The maximum atomic E-state index is 11.0. The van der Waals surface area contributed by atoms with Crippen LogP contribution in [0.25, 0.3) is 10.1 Å². The number of methoxy groups -OCH3 is 1. The van der Waals surface area contributed by atoms with Gasteiger partial charge in [0.05, 0.1) is 12.7 Å². The number of fused-ring (bicyclic) bond motifs is 1. The highest BCUT2D eigenvalue weighted by Crippen LogP contribution is 2.34. The summed E-state index contributed by atoms with van der Waals surface area (Å²) in [7, 11) is 1.58. The van der Waals surface area contributed by atoms with Crippen LogP contribution in [0.1, 0.15) is 10.4 Å². The highest BCUT2D eigenvalue weighted by molar-refractivity contribution is 14.1. The average molecular weight is 318 g/mol. The van der Waals surface area contributed by atoms with Crippen LogP contribution in [0, 0.1) is 3.57 Å². The number of halogens is 1. The summed E-state index contributed by atoms with van der Waals surface area (Å²) in [6.07, 6.45) is 0.857. The predicted octanol–water partition coefficient (Wildman–Crippen LogP) is 3.33. The Balaban J connectivity index is 2.87. The molecule has 0 saturated carbocycles. The second-order valence-corrected chi connectivity index (χ2v) is 4.83. The summed E-state index contributed by atoms with van der Waals surface area (Å²) in [5.41, 5.74) is 0.649. The zero-order chi connectivity index (χ0) is 10.1. The van der Waals surface area contributed by atoms with E-state index in [2.05, 4.69) is 22.6 Å². The van der Waals surface area contributed by atoms with Crippen LogP contribution >= 0.6 is 33.9 Å². The van der Waals surface area contributed by atoms with Gasteiger partial charge in [0.1, 0.15) is 5.75 Å². The number of carbonyl (C=O) groups excluding carboxylic acids is 1. The van der Waals surface area contributed by atoms with E-state index in [1.54, 1.807) is 18.4 Å². The van der Waals surface area contributed by atoms with Crippen LogP contribution in [0.15, 0.2) is 17.5 Å². The van der Waals surface area contributed by atoms with Crippen LogP contribution in [0.3, 0.4) is 0 Å². The molecule has 0 spiro atoms. The SMILES string of the molecule is COc1ccc2scc(I)c2c1C=O. The van der Waals surface area contributed by atoms with E-state index in [0.717, 1.165) is 19.9 Å². The predicted molar refractivity (Wildman–Crippen MR) is 66.5 cm³/mol. The van der Waals surface area contributed by atoms with Gasteiger partial charge in [0.15, 0.2) is 6.29 Å². The zero-order valence-electron chi connectivity index (χ0n) is 7.41. The molecule has 0 unspecified atom stereocenters. The molecule has 14 heavy (non-hydrogen) atoms. The van der Waals surface area contributed by atoms with Gasteiger partial charge in [-0.3, -0.25) is 4.79 Å². The molecular weight excluding hydrogens is 311 g/mol. The Morgan fingerprint density at radius 3 is 2.93 bits per heavy atom. The number of aldehydes is 1. The molecule has 1 aromatic carbocycles. The summed E-state index contributed by atoms with van der Waals surface area (Å²) in [6, 6.07) is 3.81. The minimum Gasteiger partial charge on any atom is -0.496 e. The lowest BCUT2D eigenvalue weighted by Crippen LogP contribution is -1.91. The minimum atomic E-state index is 0.642. The van der Waals surface area contributed by atoms with Crippen molar-refractivity contribution in [3.8, 4) is 5.75 Å². The Bertz CT molecular complexity index is 490. The van der Waals surface area contributed by atoms with E-state index in [1.165, 1.54) is 0 Å². The second-order valence-electron chi connectivity index (χ2n) is 2.76. The van der Waals surface area contributed by atoms with Gasteiger partial charge < -0.3 is 4.74 Å². The second kappa shape index (κ2) is 3.86. The molecule has 0 aliphatic rings. The molecule has 2 aromatic rings. The van der Waals surface area contributed by atoms with Gasteiger partial charge >= 0.3 is 0 Å². The Hall–Kier alpha value is -0.620. The molecule has 0 saturated heterocycles. The highest BCUT2D eigenvalue weighted by atomic mass is 127. The van der Waals surface area contributed by atoms with Crippen molar-refractivity contribution >= 4 is 50.3 Å². The first-order chi connectivity index (χ1) is 6.77. The van der Waals surface area contributed by atoms with E-state index < -0.39 is 0 Å². The van der Waals surface area contributed by atoms with Crippen LogP contribution in [0.2, 0.25) is 0 Å². The first kappa shape index (κ1) is 9.92. The van der Waals surface area contributed by atoms with Crippen molar-refractivity contribution in [2.24, 2.45) is 0 Å². The molecular formula is C10H7IO2S. The summed E-state index contributed by atoms with van der Waals surface area (Å²) in [4.78, 5) is 11.0. The number of benzene rings is 1. The molecule has 0 aliphatic heterocycles. The van der Waals surface area contributed by atoms with Crippen molar-refractivity contribution < 1.29 is 9.53 Å². The zero-order valence-corrected chi connectivity index (χ0v) is 10.4. The molecule has 72 valence electrons. The van der Waals surface area contributed by atoms with Crippen molar-refractivity contribution in [1.29, 1.82) is 0 Å². The third-order valence-electron chi connectivity index (χ3n) is 2.03. The topological polar surface area (TPSA) is 26.3 Å². The molecule has 0 N–H and O–H groups in total. The summed E-state index contributed by atoms with van der Waals surface area (Å²) >= 11 is 3.87. The molecule has 0 fully saturated rings. The van der Waals surface area contributed by atoms with Gasteiger partial charge in [-0.2, -0.15) is 0 Å². The van der Waals surface area contributed by atoms with Crippen LogP contribution in [0.5, 0.6) is 5.75 Å². The smallest absolute Gasteiger partial charge is 0.154 e. The van der Waals surface area contributed by atoms with E-state index in [9.17, 15) is 4.79 Å². The number of hydrogen-bond donors (Lipinski definition) is 0.